The number of nitrogens with zero attached hydrogens (tertiary/aromatic N) is 1. The number of aliphatic carboxylic acids is 1. The van der Waals surface area contributed by atoms with Crippen molar-refractivity contribution < 1.29 is 19.1 Å². The molecule has 0 aliphatic carbocycles. The molecule has 1 saturated heterocycles. The molecule has 8 heteroatoms. The molecular weight excluding hydrogens is 390 g/mol. The molecule has 0 aromatic carbocycles. The summed E-state index contributed by atoms with van der Waals surface area (Å²) in [6.45, 7) is 3.76. The molecule has 2 rings (SSSR count). The van der Waals surface area contributed by atoms with E-state index >= 15 is 0 Å². The number of thiocarbonyl (C=S) groups is 1. The highest BCUT2D eigenvalue weighted by molar-refractivity contribution is 9.10. The number of carbonyl (C=O) groups is 2. The number of furan rings is 1. The molecule has 22 heavy (non-hydrogen) atoms. The van der Waals surface area contributed by atoms with Crippen molar-refractivity contribution in [1.29, 1.82) is 0 Å². The van der Waals surface area contributed by atoms with Crippen molar-refractivity contribution in [2.75, 3.05) is 0 Å². The van der Waals surface area contributed by atoms with E-state index in [-0.39, 0.29) is 16.7 Å². The first kappa shape index (κ1) is 17.2. The van der Waals surface area contributed by atoms with Crippen molar-refractivity contribution in [2.24, 2.45) is 5.92 Å². The van der Waals surface area contributed by atoms with Crippen molar-refractivity contribution >= 4 is 62.2 Å². The standard InChI is InChI=1S/C14H14BrNO4S2/c1-7(2)5-9(13(18)19)16-12(17)10(22-14(16)21)6-8-3-4-11(15)20-8/h3-4,6-7,9H,5H2,1-2H3,(H,18,19)/p-1/b10-6+/t9-/m0/s1. The van der Waals surface area contributed by atoms with E-state index in [4.69, 9.17) is 16.6 Å². The number of amides is 1. The number of carboxylic acids is 1. The molecule has 118 valence electrons. The average Bonchev–Trinajstić information content (AvgIpc) is 2.92. The second-order valence-corrected chi connectivity index (χ2v) is 7.62. The zero-order chi connectivity index (χ0) is 16.4. The van der Waals surface area contributed by atoms with Gasteiger partial charge in [0.05, 0.1) is 16.9 Å². The third kappa shape index (κ3) is 3.80. The summed E-state index contributed by atoms with van der Waals surface area (Å²) in [7, 11) is 0. The number of rotatable bonds is 5. The number of halogens is 1. The molecule has 1 aromatic heterocycles. The van der Waals surface area contributed by atoms with E-state index in [9.17, 15) is 14.7 Å². The third-order valence-electron chi connectivity index (χ3n) is 2.97. The van der Waals surface area contributed by atoms with Crippen LogP contribution in [-0.4, -0.2) is 27.1 Å². The van der Waals surface area contributed by atoms with Gasteiger partial charge in [0, 0.05) is 6.08 Å². The fourth-order valence-electron chi connectivity index (χ4n) is 2.04. The molecule has 5 nitrogen and oxygen atoms in total. The van der Waals surface area contributed by atoms with Gasteiger partial charge < -0.3 is 14.3 Å². The number of hydrogen-bond donors (Lipinski definition) is 0. The van der Waals surface area contributed by atoms with Gasteiger partial charge in [-0.3, -0.25) is 9.69 Å². The second kappa shape index (κ2) is 6.97. The summed E-state index contributed by atoms with van der Waals surface area (Å²) in [6.07, 6.45) is 1.83. The van der Waals surface area contributed by atoms with E-state index in [0.29, 0.717) is 15.3 Å². The van der Waals surface area contributed by atoms with Crippen LogP contribution >= 0.6 is 39.9 Å². The van der Waals surface area contributed by atoms with E-state index in [2.05, 4.69) is 15.9 Å². The first-order valence-electron chi connectivity index (χ1n) is 6.53. The summed E-state index contributed by atoms with van der Waals surface area (Å²) in [6, 6.07) is 2.35. The Bertz CT molecular complexity index is 653. The lowest BCUT2D eigenvalue weighted by Gasteiger charge is -2.28. The van der Waals surface area contributed by atoms with Crippen LogP contribution in [0.1, 0.15) is 26.0 Å². The van der Waals surface area contributed by atoms with Gasteiger partial charge in [-0.05, 0) is 40.4 Å². The summed E-state index contributed by atoms with van der Waals surface area (Å²) in [5, 5.41) is 11.4. The number of carbonyl (C=O) groups excluding carboxylic acids is 2. The smallest absolute Gasteiger partial charge is 0.266 e. The first-order valence-corrected chi connectivity index (χ1v) is 8.54. The molecule has 0 radical (unpaired) electrons. The normalized spacial score (nSPS) is 18.5. The van der Waals surface area contributed by atoms with E-state index in [1.54, 1.807) is 18.2 Å². The maximum absolute atomic E-state index is 12.5. The lowest BCUT2D eigenvalue weighted by molar-refractivity contribution is -0.310. The van der Waals surface area contributed by atoms with Gasteiger partial charge in [-0.1, -0.05) is 37.8 Å². The molecule has 0 N–H and O–H groups in total. The molecular formula is C14H13BrNO4S2-. The predicted molar refractivity (Wildman–Crippen MR) is 89.7 cm³/mol. The van der Waals surface area contributed by atoms with Gasteiger partial charge in [-0.2, -0.15) is 0 Å². The number of hydrogen-bond acceptors (Lipinski definition) is 6. The third-order valence-corrected chi connectivity index (χ3v) is 4.73. The largest absolute Gasteiger partial charge is 0.548 e. The highest BCUT2D eigenvalue weighted by atomic mass is 79.9. The van der Waals surface area contributed by atoms with Crippen LogP contribution in [0.5, 0.6) is 0 Å². The maximum atomic E-state index is 12.5. The molecule has 0 spiro atoms. The van der Waals surface area contributed by atoms with Crippen molar-refractivity contribution in [3.63, 3.8) is 0 Å². The SMILES string of the molecule is CC(C)C[C@@H](C(=O)[O-])N1C(=O)/C(=C\c2ccc(Br)o2)SC1=S. The highest BCUT2D eigenvalue weighted by Gasteiger charge is 2.38. The molecule has 1 atom stereocenters. The Morgan fingerprint density at radius 2 is 2.23 bits per heavy atom. The molecule has 0 saturated carbocycles. The summed E-state index contributed by atoms with van der Waals surface area (Å²) >= 11 is 9.40. The van der Waals surface area contributed by atoms with Crippen LogP contribution in [0, 0.1) is 5.92 Å². The van der Waals surface area contributed by atoms with Crippen molar-refractivity contribution in [3.05, 3.63) is 27.5 Å². The van der Waals surface area contributed by atoms with Crippen molar-refractivity contribution in [3.8, 4) is 0 Å². The average molecular weight is 403 g/mol. The summed E-state index contributed by atoms with van der Waals surface area (Å²) < 4.78 is 6.08. The van der Waals surface area contributed by atoms with E-state index in [1.807, 2.05) is 13.8 Å². The Kier molecular flexibility index (Phi) is 5.46. The summed E-state index contributed by atoms with van der Waals surface area (Å²) in [5.74, 6) is -1.15. The predicted octanol–water partition coefficient (Wildman–Crippen LogP) is 2.41. The van der Waals surface area contributed by atoms with E-state index in [1.165, 1.54) is 0 Å². The van der Waals surface area contributed by atoms with Crippen LogP contribution in [0.15, 0.2) is 26.1 Å². The van der Waals surface area contributed by atoms with Gasteiger partial charge in [0.25, 0.3) is 5.91 Å². The molecule has 0 unspecified atom stereocenters. The molecule has 1 aliphatic heterocycles. The summed E-state index contributed by atoms with van der Waals surface area (Å²) in [4.78, 5) is 25.3. The second-order valence-electron chi connectivity index (χ2n) is 5.16. The van der Waals surface area contributed by atoms with Crippen LogP contribution in [0.4, 0.5) is 0 Å². The Hall–Kier alpha value is -1.12. The maximum Gasteiger partial charge on any atom is 0.266 e. The fraction of sp³-hybridized carbons (Fsp3) is 0.357. The van der Waals surface area contributed by atoms with E-state index in [0.717, 1.165) is 16.7 Å². The van der Waals surface area contributed by atoms with Gasteiger partial charge in [-0.15, -0.1) is 0 Å². The lowest BCUT2D eigenvalue weighted by atomic mass is 10.0. The lowest BCUT2D eigenvalue weighted by Crippen LogP contribution is -2.50. The molecule has 0 bridgehead atoms. The molecule has 1 aromatic rings. The highest BCUT2D eigenvalue weighted by Crippen LogP contribution is 2.35. The van der Waals surface area contributed by atoms with Crippen LogP contribution in [0.25, 0.3) is 6.08 Å². The molecule has 1 aliphatic rings. The van der Waals surface area contributed by atoms with Gasteiger partial charge in [0.2, 0.25) is 0 Å². The van der Waals surface area contributed by atoms with Crippen LogP contribution in [-0.2, 0) is 9.59 Å². The minimum atomic E-state index is -1.30. The zero-order valence-electron chi connectivity index (χ0n) is 11.9. The Morgan fingerprint density at radius 3 is 2.73 bits per heavy atom. The van der Waals surface area contributed by atoms with Crippen LogP contribution < -0.4 is 5.11 Å². The Morgan fingerprint density at radius 1 is 1.55 bits per heavy atom. The van der Waals surface area contributed by atoms with Gasteiger partial charge >= 0.3 is 0 Å². The molecule has 2 heterocycles. The number of carboxylic acid groups (broad SMARTS) is 1. The van der Waals surface area contributed by atoms with Gasteiger partial charge in [0.1, 0.15) is 10.1 Å². The van der Waals surface area contributed by atoms with Crippen molar-refractivity contribution in [1.82, 2.24) is 4.90 Å². The topological polar surface area (TPSA) is 73.6 Å². The van der Waals surface area contributed by atoms with Crippen LogP contribution in [0.3, 0.4) is 0 Å². The van der Waals surface area contributed by atoms with Gasteiger partial charge in [-0.25, -0.2) is 0 Å². The monoisotopic (exact) mass is 402 g/mol. The Labute approximate surface area is 145 Å². The summed E-state index contributed by atoms with van der Waals surface area (Å²) in [5.41, 5.74) is 0. The fourth-order valence-corrected chi connectivity index (χ4v) is 3.69. The quantitative estimate of drug-likeness (QED) is 0.555. The molecule has 1 amide bonds. The minimum absolute atomic E-state index is 0.0950. The van der Waals surface area contributed by atoms with E-state index < -0.39 is 17.9 Å². The van der Waals surface area contributed by atoms with Gasteiger partial charge in [0.15, 0.2) is 4.67 Å². The zero-order valence-corrected chi connectivity index (χ0v) is 15.1. The van der Waals surface area contributed by atoms with Crippen molar-refractivity contribution in [2.45, 2.75) is 26.3 Å². The minimum Gasteiger partial charge on any atom is -0.548 e. The number of thioether (sulfide) groups is 1. The Balaban J connectivity index is 2.27. The first-order chi connectivity index (χ1) is 10.3. The molecule has 1 fully saturated rings. The van der Waals surface area contributed by atoms with Crippen LogP contribution in [0.2, 0.25) is 0 Å².